The average molecular weight is 284 g/mol. The maximum Gasteiger partial charge on any atom is 0.126 e. The van der Waals surface area contributed by atoms with Crippen LogP contribution in [0, 0.1) is 12.7 Å². The SMILES string of the molecule is Cc1cc(C(O)Cc2nn(C)c3ccccc23)ccc1F. The first-order valence-electron chi connectivity index (χ1n) is 6.91. The topological polar surface area (TPSA) is 38.1 Å². The number of rotatable bonds is 3. The zero-order chi connectivity index (χ0) is 15.0. The minimum absolute atomic E-state index is 0.255. The molecule has 1 heterocycles. The van der Waals surface area contributed by atoms with Crippen LogP contribution in [-0.4, -0.2) is 14.9 Å². The Balaban J connectivity index is 1.92. The number of aromatic nitrogens is 2. The van der Waals surface area contributed by atoms with E-state index in [2.05, 4.69) is 5.10 Å². The highest BCUT2D eigenvalue weighted by Gasteiger charge is 2.15. The molecule has 108 valence electrons. The van der Waals surface area contributed by atoms with E-state index in [-0.39, 0.29) is 5.82 Å². The second kappa shape index (κ2) is 5.30. The Morgan fingerprint density at radius 3 is 2.76 bits per heavy atom. The molecule has 0 aliphatic heterocycles. The molecule has 0 aliphatic carbocycles. The Bertz CT molecular complexity index is 795. The van der Waals surface area contributed by atoms with Crippen molar-refractivity contribution in [1.29, 1.82) is 0 Å². The van der Waals surface area contributed by atoms with Gasteiger partial charge in [0, 0.05) is 18.9 Å². The Hall–Kier alpha value is -2.20. The van der Waals surface area contributed by atoms with Crippen molar-refractivity contribution in [3.63, 3.8) is 0 Å². The Morgan fingerprint density at radius 2 is 2.00 bits per heavy atom. The van der Waals surface area contributed by atoms with Crippen molar-refractivity contribution in [1.82, 2.24) is 9.78 Å². The summed E-state index contributed by atoms with van der Waals surface area (Å²) in [5.41, 5.74) is 3.14. The molecule has 0 aliphatic rings. The Morgan fingerprint density at radius 1 is 1.24 bits per heavy atom. The minimum Gasteiger partial charge on any atom is -0.388 e. The lowest BCUT2D eigenvalue weighted by molar-refractivity contribution is 0.177. The number of nitrogens with zero attached hydrogens (tertiary/aromatic N) is 2. The summed E-state index contributed by atoms with van der Waals surface area (Å²) in [6.07, 6.45) is -0.283. The smallest absolute Gasteiger partial charge is 0.126 e. The quantitative estimate of drug-likeness (QED) is 0.801. The zero-order valence-corrected chi connectivity index (χ0v) is 12.0. The number of halogens is 1. The van der Waals surface area contributed by atoms with Crippen LogP contribution in [0.25, 0.3) is 10.9 Å². The predicted octanol–water partition coefficient (Wildman–Crippen LogP) is 3.30. The van der Waals surface area contributed by atoms with E-state index < -0.39 is 6.10 Å². The molecule has 0 spiro atoms. The first-order chi connectivity index (χ1) is 10.1. The molecule has 3 aromatic rings. The van der Waals surface area contributed by atoms with Crippen molar-refractivity contribution in [2.24, 2.45) is 7.05 Å². The average Bonchev–Trinajstić information content (AvgIpc) is 2.79. The molecule has 21 heavy (non-hydrogen) atoms. The fraction of sp³-hybridized carbons (Fsp3) is 0.235. The van der Waals surface area contributed by atoms with Crippen molar-refractivity contribution in [3.05, 3.63) is 65.1 Å². The number of benzene rings is 2. The predicted molar refractivity (Wildman–Crippen MR) is 80.5 cm³/mol. The second-order valence-corrected chi connectivity index (χ2v) is 5.32. The van der Waals surface area contributed by atoms with E-state index in [1.54, 1.807) is 19.1 Å². The molecular weight excluding hydrogens is 267 g/mol. The molecule has 3 nitrogen and oxygen atoms in total. The van der Waals surface area contributed by atoms with E-state index in [1.165, 1.54) is 6.07 Å². The number of aliphatic hydroxyl groups excluding tert-OH is 1. The fourth-order valence-corrected chi connectivity index (χ4v) is 2.62. The summed E-state index contributed by atoms with van der Waals surface area (Å²) >= 11 is 0. The number of aryl methyl sites for hydroxylation is 2. The largest absolute Gasteiger partial charge is 0.388 e. The molecule has 2 aromatic carbocycles. The lowest BCUT2D eigenvalue weighted by atomic mass is 10.0. The van der Waals surface area contributed by atoms with Crippen LogP contribution in [0.2, 0.25) is 0 Å². The van der Waals surface area contributed by atoms with Gasteiger partial charge < -0.3 is 5.11 Å². The number of hydrogen-bond donors (Lipinski definition) is 1. The van der Waals surface area contributed by atoms with E-state index in [9.17, 15) is 9.50 Å². The van der Waals surface area contributed by atoms with Crippen molar-refractivity contribution in [3.8, 4) is 0 Å². The summed E-state index contributed by atoms with van der Waals surface area (Å²) in [5.74, 6) is -0.255. The lowest BCUT2D eigenvalue weighted by Gasteiger charge is -2.11. The van der Waals surface area contributed by atoms with Gasteiger partial charge in [-0.15, -0.1) is 0 Å². The van der Waals surface area contributed by atoms with Crippen LogP contribution in [-0.2, 0) is 13.5 Å². The molecule has 0 fully saturated rings. The molecular formula is C17H17FN2O. The molecule has 0 bridgehead atoms. The highest BCUT2D eigenvalue weighted by atomic mass is 19.1. The third-order valence-electron chi connectivity index (χ3n) is 3.79. The number of hydrogen-bond acceptors (Lipinski definition) is 2. The van der Waals surface area contributed by atoms with E-state index in [4.69, 9.17) is 0 Å². The summed E-state index contributed by atoms with van der Waals surface area (Å²) in [6, 6.07) is 12.6. The Labute approximate surface area is 122 Å². The summed E-state index contributed by atoms with van der Waals surface area (Å²) in [4.78, 5) is 0. The number of aliphatic hydroxyl groups is 1. The highest BCUT2D eigenvalue weighted by molar-refractivity contribution is 5.81. The zero-order valence-electron chi connectivity index (χ0n) is 12.0. The van der Waals surface area contributed by atoms with Crippen LogP contribution in [0.4, 0.5) is 4.39 Å². The van der Waals surface area contributed by atoms with Gasteiger partial charge >= 0.3 is 0 Å². The molecule has 0 radical (unpaired) electrons. The van der Waals surface area contributed by atoms with E-state index in [0.717, 1.165) is 16.6 Å². The summed E-state index contributed by atoms with van der Waals surface area (Å²) in [6.45, 7) is 1.70. The van der Waals surface area contributed by atoms with E-state index in [1.807, 2.05) is 36.0 Å². The summed E-state index contributed by atoms with van der Waals surface area (Å²) in [7, 11) is 1.89. The number of fused-ring (bicyclic) bond motifs is 1. The van der Waals surface area contributed by atoms with E-state index >= 15 is 0 Å². The van der Waals surface area contributed by atoms with Crippen molar-refractivity contribution in [2.45, 2.75) is 19.4 Å². The monoisotopic (exact) mass is 284 g/mol. The molecule has 0 saturated heterocycles. The molecule has 1 unspecified atom stereocenters. The van der Waals surface area contributed by atoms with E-state index in [0.29, 0.717) is 17.5 Å². The van der Waals surface area contributed by atoms with Crippen molar-refractivity contribution < 1.29 is 9.50 Å². The van der Waals surface area contributed by atoms with Gasteiger partial charge in [0.2, 0.25) is 0 Å². The van der Waals surface area contributed by atoms with Gasteiger partial charge in [-0.25, -0.2) is 4.39 Å². The summed E-state index contributed by atoms with van der Waals surface area (Å²) < 4.78 is 15.1. The van der Waals surface area contributed by atoms with Crippen LogP contribution >= 0.6 is 0 Å². The highest BCUT2D eigenvalue weighted by Crippen LogP contribution is 2.24. The maximum atomic E-state index is 13.3. The maximum absolute atomic E-state index is 13.3. The van der Waals surface area contributed by atoms with Crippen LogP contribution in [0.15, 0.2) is 42.5 Å². The lowest BCUT2D eigenvalue weighted by Crippen LogP contribution is -2.04. The fourth-order valence-electron chi connectivity index (χ4n) is 2.62. The van der Waals surface area contributed by atoms with Crippen LogP contribution in [0.1, 0.15) is 22.9 Å². The molecule has 1 atom stereocenters. The third-order valence-corrected chi connectivity index (χ3v) is 3.79. The first kappa shape index (κ1) is 13.8. The van der Waals surface area contributed by atoms with Gasteiger partial charge in [0.05, 0.1) is 17.3 Å². The van der Waals surface area contributed by atoms with Gasteiger partial charge in [-0.2, -0.15) is 5.10 Å². The van der Waals surface area contributed by atoms with Gasteiger partial charge in [0.25, 0.3) is 0 Å². The standard InChI is InChI=1S/C17H17FN2O/c1-11-9-12(7-8-14(11)18)17(21)10-15-13-5-3-4-6-16(13)20(2)19-15/h3-9,17,21H,10H2,1-2H3. The third kappa shape index (κ3) is 2.54. The van der Waals surface area contributed by atoms with Gasteiger partial charge in [0.15, 0.2) is 0 Å². The molecule has 0 amide bonds. The minimum atomic E-state index is -0.692. The Kier molecular flexibility index (Phi) is 3.47. The van der Waals surface area contributed by atoms with Gasteiger partial charge in [-0.05, 0) is 30.2 Å². The van der Waals surface area contributed by atoms with Gasteiger partial charge in [-0.3, -0.25) is 4.68 Å². The molecule has 4 heteroatoms. The first-order valence-corrected chi connectivity index (χ1v) is 6.91. The molecule has 1 aromatic heterocycles. The van der Waals surface area contributed by atoms with Gasteiger partial charge in [-0.1, -0.05) is 30.3 Å². The van der Waals surface area contributed by atoms with Crippen LogP contribution in [0.5, 0.6) is 0 Å². The van der Waals surface area contributed by atoms with Crippen LogP contribution < -0.4 is 0 Å². The summed E-state index contributed by atoms with van der Waals surface area (Å²) in [5, 5.41) is 15.9. The number of para-hydroxylation sites is 1. The second-order valence-electron chi connectivity index (χ2n) is 5.32. The molecule has 1 N–H and O–H groups in total. The molecule has 3 rings (SSSR count). The van der Waals surface area contributed by atoms with Crippen molar-refractivity contribution >= 4 is 10.9 Å². The normalized spacial score (nSPS) is 12.8. The molecule has 0 saturated carbocycles. The van der Waals surface area contributed by atoms with Crippen LogP contribution in [0.3, 0.4) is 0 Å². The van der Waals surface area contributed by atoms with Crippen molar-refractivity contribution in [2.75, 3.05) is 0 Å². The van der Waals surface area contributed by atoms with Gasteiger partial charge in [0.1, 0.15) is 5.82 Å².